The molecule has 1 saturated heterocycles. The van der Waals surface area contributed by atoms with Crippen LogP contribution in [0.4, 0.5) is 0 Å². The first-order chi connectivity index (χ1) is 16.0. The van der Waals surface area contributed by atoms with E-state index in [1.165, 1.54) is 25.7 Å². The van der Waals surface area contributed by atoms with E-state index in [9.17, 15) is 4.79 Å². The monoisotopic (exact) mass is 470 g/mol. The molecule has 1 aromatic carbocycles. The van der Waals surface area contributed by atoms with E-state index in [1.807, 2.05) is 12.1 Å². The Balaban J connectivity index is 1.43. The number of nitrogens with zero attached hydrogens (tertiary/aromatic N) is 2. The summed E-state index contributed by atoms with van der Waals surface area (Å²) >= 11 is 0. The molecule has 0 saturated carbocycles. The second-order valence-corrected chi connectivity index (χ2v) is 12.6. The maximum Gasteiger partial charge on any atom is 0.343 e. The van der Waals surface area contributed by atoms with Crippen LogP contribution in [0.2, 0.25) is 18.6 Å². The Labute approximate surface area is 199 Å². The molecule has 0 radical (unpaired) electrons. The van der Waals surface area contributed by atoms with Gasteiger partial charge in [0.05, 0.1) is 25.1 Å². The Kier molecular flexibility index (Phi) is 9.88. The molecule has 1 aliphatic rings. The van der Waals surface area contributed by atoms with Gasteiger partial charge in [0.15, 0.2) is 17.7 Å². The minimum absolute atomic E-state index is 0.00968. The summed E-state index contributed by atoms with van der Waals surface area (Å²) in [5.41, 5.74) is 1.76. The highest BCUT2D eigenvalue weighted by Crippen LogP contribution is 2.29. The third-order valence-electron chi connectivity index (χ3n) is 6.21. The van der Waals surface area contributed by atoms with E-state index >= 15 is 0 Å². The predicted molar refractivity (Wildman–Crippen MR) is 134 cm³/mol. The number of rotatable bonds is 14. The Bertz CT molecular complexity index is 858. The minimum atomic E-state index is -0.609. The van der Waals surface area contributed by atoms with Gasteiger partial charge in [0, 0.05) is 14.4 Å². The average Bonchev–Trinajstić information content (AvgIpc) is 3.59. The van der Waals surface area contributed by atoms with E-state index in [0.29, 0.717) is 23.9 Å². The highest BCUT2D eigenvalue weighted by Gasteiger charge is 2.45. The molecule has 7 heteroatoms. The summed E-state index contributed by atoms with van der Waals surface area (Å²) in [6.45, 7) is 9.95. The molecule has 0 N–H and O–H groups in total. The molecule has 2 aromatic rings. The zero-order chi connectivity index (χ0) is 23.6. The van der Waals surface area contributed by atoms with Crippen molar-refractivity contribution in [2.75, 3.05) is 6.61 Å². The molecule has 3 rings (SSSR count). The molecular formula is C26H38N2O4Si. The van der Waals surface area contributed by atoms with Gasteiger partial charge in [-0.1, -0.05) is 52.6 Å². The number of ether oxygens (including phenoxy) is 3. The van der Waals surface area contributed by atoms with Crippen LogP contribution in [-0.2, 0) is 9.53 Å². The van der Waals surface area contributed by atoms with E-state index in [-0.39, 0.29) is 12.1 Å². The third-order valence-corrected chi connectivity index (χ3v) is 8.76. The smallest absolute Gasteiger partial charge is 0.343 e. The van der Waals surface area contributed by atoms with Crippen LogP contribution in [-0.4, -0.2) is 43.5 Å². The summed E-state index contributed by atoms with van der Waals surface area (Å²) in [4.78, 5) is 21.0. The van der Waals surface area contributed by atoms with E-state index in [4.69, 9.17) is 14.2 Å². The van der Waals surface area contributed by atoms with Gasteiger partial charge in [-0.25, -0.2) is 14.8 Å². The van der Waals surface area contributed by atoms with E-state index in [1.54, 1.807) is 24.5 Å². The second-order valence-electron chi connectivity index (χ2n) is 9.21. The van der Waals surface area contributed by atoms with Crippen LogP contribution < -0.4 is 9.47 Å². The van der Waals surface area contributed by atoms with Crippen LogP contribution in [0.15, 0.2) is 36.7 Å². The van der Waals surface area contributed by atoms with Crippen molar-refractivity contribution in [3.05, 3.63) is 36.7 Å². The fourth-order valence-electron chi connectivity index (χ4n) is 4.05. The predicted octanol–water partition coefficient (Wildman–Crippen LogP) is 5.82. The lowest BCUT2D eigenvalue weighted by atomic mass is 10.1. The van der Waals surface area contributed by atoms with Crippen molar-refractivity contribution in [1.82, 2.24) is 9.97 Å². The molecule has 0 aliphatic carbocycles. The van der Waals surface area contributed by atoms with Crippen LogP contribution >= 0.6 is 0 Å². The summed E-state index contributed by atoms with van der Waals surface area (Å²) in [6.07, 6.45) is 11.2. The van der Waals surface area contributed by atoms with Gasteiger partial charge in [-0.05, 0) is 49.1 Å². The molecule has 1 aliphatic heterocycles. The van der Waals surface area contributed by atoms with Gasteiger partial charge in [-0.3, -0.25) is 0 Å². The number of benzene rings is 1. The molecule has 180 valence electrons. The summed E-state index contributed by atoms with van der Waals surface area (Å²) in [7, 11) is -0.609. The lowest BCUT2D eigenvalue weighted by Crippen LogP contribution is -2.17. The topological polar surface area (TPSA) is 73.8 Å². The molecule has 1 fully saturated rings. The van der Waals surface area contributed by atoms with Crippen LogP contribution in [0.1, 0.15) is 58.8 Å². The minimum Gasteiger partial charge on any atom is -0.490 e. The number of esters is 1. The lowest BCUT2D eigenvalue weighted by molar-refractivity contribution is -0.135. The quantitative estimate of drug-likeness (QED) is 0.114. The number of hydrogen-bond donors (Lipinski definition) is 0. The van der Waals surface area contributed by atoms with Crippen molar-refractivity contribution >= 4 is 14.8 Å². The fraction of sp³-hybridized carbons (Fsp3) is 0.577. The first kappa shape index (κ1) is 25.4. The molecule has 33 heavy (non-hydrogen) atoms. The van der Waals surface area contributed by atoms with Crippen molar-refractivity contribution in [2.45, 2.75) is 89.6 Å². The molecule has 0 amide bonds. The zero-order valence-corrected chi connectivity index (χ0v) is 21.6. The van der Waals surface area contributed by atoms with Crippen molar-refractivity contribution < 1.29 is 19.0 Å². The molecule has 3 atom stereocenters. The maximum atomic E-state index is 12.1. The van der Waals surface area contributed by atoms with Crippen molar-refractivity contribution in [2.24, 2.45) is 0 Å². The van der Waals surface area contributed by atoms with Gasteiger partial charge in [0.1, 0.15) is 5.75 Å². The Morgan fingerprint density at radius 2 is 1.73 bits per heavy atom. The fourth-order valence-corrected chi connectivity index (χ4v) is 5.86. The molecule has 1 unspecified atom stereocenters. The van der Waals surface area contributed by atoms with Gasteiger partial charge in [-0.2, -0.15) is 0 Å². The molecule has 1 aromatic heterocycles. The van der Waals surface area contributed by atoms with Crippen LogP contribution in [0.25, 0.3) is 11.4 Å². The van der Waals surface area contributed by atoms with Crippen LogP contribution in [0.3, 0.4) is 0 Å². The lowest BCUT2D eigenvalue weighted by Gasteiger charge is -2.19. The highest BCUT2D eigenvalue weighted by molar-refractivity contribution is 6.57. The summed E-state index contributed by atoms with van der Waals surface area (Å²) in [5, 5.41) is 0. The first-order valence-corrected chi connectivity index (χ1v) is 15.4. The van der Waals surface area contributed by atoms with E-state index in [2.05, 4.69) is 36.9 Å². The van der Waals surface area contributed by atoms with Crippen molar-refractivity contribution in [1.29, 1.82) is 0 Å². The Morgan fingerprint density at radius 1 is 1.03 bits per heavy atom. The van der Waals surface area contributed by atoms with Crippen LogP contribution in [0.5, 0.6) is 11.5 Å². The van der Waals surface area contributed by atoms with Gasteiger partial charge in [0.2, 0.25) is 0 Å². The van der Waals surface area contributed by atoms with Crippen LogP contribution in [0, 0.1) is 0 Å². The molecule has 0 bridgehead atoms. The first-order valence-electron chi connectivity index (χ1n) is 12.4. The van der Waals surface area contributed by atoms with Gasteiger partial charge >= 0.3 is 5.97 Å². The zero-order valence-electron chi connectivity index (χ0n) is 20.5. The number of hydrogen-bond acceptors (Lipinski definition) is 6. The molecule has 6 nitrogen and oxygen atoms in total. The average molecular weight is 471 g/mol. The van der Waals surface area contributed by atoms with Gasteiger partial charge in [0.25, 0.3) is 0 Å². The van der Waals surface area contributed by atoms with E-state index < -0.39 is 14.9 Å². The Morgan fingerprint density at radius 3 is 2.36 bits per heavy atom. The largest absolute Gasteiger partial charge is 0.490 e. The number of unbranched alkanes of at least 4 members (excludes halogenated alkanes) is 1. The Hall–Kier alpha value is -2.25. The number of epoxide rings is 1. The number of carbonyl (C=O) groups is 1. The number of aromatic nitrogens is 2. The molecular weight excluding hydrogens is 432 g/mol. The summed E-state index contributed by atoms with van der Waals surface area (Å²) in [5.74, 6) is 1.48. The second kappa shape index (κ2) is 12.8. The molecule has 0 spiro atoms. The van der Waals surface area contributed by atoms with Crippen molar-refractivity contribution in [3.8, 4) is 22.9 Å². The summed E-state index contributed by atoms with van der Waals surface area (Å²) in [6, 6.07) is 7.21. The number of carbonyl (C=O) groups excluding carboxylic acids is 1. The van der Waals surface area contributed by atoms with E-state index in [0.717, 1.165) is 30.4 Å². The molecule has 2 heterocycles. The SMILES string of the molecule is CCCCC(CCCOc1cnc(-c2ccc(OC(=O)[C@@H]3O[C@@H]3CCC)cc2)nc1)[SiH](C)C. The normalized spacial score (nSPS) is 18.2. The van der Waals surface area contributed by atoms with Gasteiger partial charge < -0.3 is 14.2 Å². The van der Waals surface area contributed by atoms with Gasteiger partial charge in [-0.15, -0.1) is 0 Å². The summed E-state index contributed by atoms with van der Waals surface area (Å²) < 4.78 is 16.6. The highest BCUT2D eigenvalue weighted by atomic mass is 28.3. The maximum absolute atomic E-state index is 12.1. The van der Waals surface area contributed by atoms with Crippen molar-refractivity contribution in [3.63, 3.8) is 0 Å². The third kappa shape index (κ3) is 7.93. The standard InChI is InChI=1S/C26H38N2O4Si/c1-5-7-10-22(33(3)4)11-8-16-30-21-17-27-25(28-18-21)19-12-14-20(15-13-19)31-26(29)24-23(32-24)9-6-2/h12-15,17-18,22-24,33H,5-11,16H2,1-4H3/t22?,23-,24-/m1/s1.